The second-order valence-electron chi connectivity index (χ2n) is 6.07. The number of carbonyl (C=O) groups excluding carboxylic acids is 1. The average molecular weight is 329 g/mol. The molecule has 1 aliphatic carbocycles. The van der Waals surface area contributed by atoms with Gasteiger partial charge in [0.2, 0.25) is 11.9 Å². The monoisotopic (exact) mass is 329 g/mol. The number of carbonyl (C=O) groups is 1. The van der Waals surface area contributed by atoms with Crippen molar-refractivity contribution in [3.63, 3.8) is 0 Å². The Morgan fingerprint density at radius 1 is 1.26 bits per heavy atom. The third-order valence-electron chi connectivity index (χ3n) is 4.45. The third kappa shape index (κ3) is 3.06. The van der Waals surface area contributed by atoms with Crippen molar-refractivity contribution < 1.29 is 4.79 Å². The summed E-state index contributed by atoms with van der Waals surface area (Å²) in [4.78, 5) is 29.1. The van der Waals surface area contributed by atoms with E-state index < -0.39 is 0 Å². The Balaban J connectivity index is 1.41. The summed E-state index contributed by atoms with van der Waals surface area (Å²) in [7, 11) is 0. The molecule has 4 rings (SSSR count). The summed E-state index contributed by atoms with van der Waals surface area (Å²) in [6, 6.07) is 1.80. The summed E-state index contributed by atoms with van der Waals surface area (Å²) >= 11 is 1.63. The Labute approximate surface area is 139 Å². The molecule has 0 spiro atoms. The van der Waals surface area contributed by atoms with E-state index in [0.29, 0.717) is 12.5 Å². The Hall–Kier alpha value is -2.02. The van der Waals surface area contributed by atoms with Gasteiger partial charge in [0.25, 0.3) is 0 Å². The van der Waals surface area contributed by atoms with E-state index in [1.165, 1.54) is 17.0 Å². The number of aromatic nitrogens is 3. The molecule has 0 radical (unpaired) electrons. The highest BCUT2D eigenvalue weighted by Crippen LogP contribution is 2.31. The van der Waals surface area contributed by atoms with Crippen molar-refractivity contribution in [2.45, 2.75) is 32.1 Å². The van der Waals surface area contributed by atoms with Crippen molar-refractivity contribution in [1.29, 1.82) is 0 Å². The van der Waals surface area contributed by atoms with Crippen LogP contribution in [-0.4, -0.2) is 33.9 Å². The van der Waals surface area contributed by atoms with Crippen molar-refractivity contribution in [2.24, 2.45) is 5.92 Å². The summed E-state index contributed by atoms with van der Waals surface area (Å²) < 4.78 is 0. The van der Waals surface area contributed by atoms with E-state index in [0.717, 1.165) is 37.4 Å². The first kappa shape index (κ1) is 14.6. The second-order valence-corrected chi connectivity index (χ2v) is 7.15. The Kier molecular flexibility index (Phi) is 3.95. The zero-order chi connectivity index (χ0) is 15.6. The summed E-state index contributed by atoms with van der Waals surface area (Å²) in [6.45, 7) is 1.57. The van der Waals surface area contributed by atoms with Crippen LogP contribution in [0.25, 0.3) is 0 Å². The highest BCUT2D eigenvalue weighted by Gasteiger charge is 2.28. The minimum atomic E-state index is -0.0358. The summed E-state index contributed by atoms with van der Waals surface area (Å²) in [6.07, 6.45) is 8.70. The molecular weight excluding hydrogens is 310 g/mol. The van der Waals surface area contributed by atoms with Gasteiger partial charge in [0, 0.05) is 30.4 Å². The maximum Gasteiger partial charge on any atom is 0.231 e. The van der Waals surface area contributed by atoms with Crippen LogP contribution in [0.2, 0.25) is 0 Å². The van der Waals surface area contributed by atoms with Crippen molar-refractivity contribution in [3.05, 3.63) is 29.0 Å². The molecule has 0 bridgehead atoms. The van der Waals surface area contributed by atoms with Crippen molar-refractivity contribution >= 4 is 28.3 Å². The Bertz CT molecular complexity index is 680. The molecule has 7 heteroatoms. The molecule has 1 fully saturated rings. The first-order valence-electron chi connectivity index (χ1n) is 8.11. The topological polar surface area (TPSA) is 71.0 Å². The third-order valence-corrected chi connectivity index (χ3v) is 5.53. The van der Waals surface area contributed by atoms with E-state index in [1.807, 2.05) is 0 Å². The highest BCUT2D eigenvalue weighted by atomic mass is 32.1. The van der Waals surface area contributed by atoms with Crippen LogP contribution in [0.4, 0.5) is 11.1 Å². The fourth-order valence-electron chi connectivity index (χ4n) is 3.28. The fourth-order valence-corrected chi connectivity index (χ4v) is 4.33. The van der Waals surface area contributed by atoms with Gasteiger partial charge in [-0.1, -0.05) is 0 Å². The van der Waals surface area contributed by atoms with Crippen molar-refractivity contribution in [1.82, 2.24) is 15.0 Å². The van der Waals surface area contributed by atoms with Crippen molar-refractivity contribution in [3.8, 4) is 0 Å². The molecule has 2 aromatic heterocycles. The van der Waals surface area contributed by atoms with Gasteiger partial charge in [-0.25, -0.2) is 15.0 Å². The number of nitrogens with one attached hydrogen (secondary N) is 1. The molecule has 1 aliphatic heterocycles. The Morgan fingerprint density at radius 2 is 2.13 bits per heavy atom. The van der Waals surface area contributed by atoms with Crippen LogP contribution in [0.1, 0.15) is 29.8 Å². The number of hydrogen-bond acceptors (Lipinski definition) is 6. The van der Waals surface area contributed by atoms with E-state index in [1.54, 1.807) is 29.8 Å². The molecule has 0 saturated carbocycles. The lowest BCUT2D eigenvalue weighted by atomic mass is 9.97. The molecule has 1 N–H and O–H groups in total. The van der Waals surface area contributed by atoms with E-state index in [4.69, 9.17) is 0 Å². The number of nitrogens with zero attached hydrogens (tertiary/aromatic N) is 4. The van der Waals surface area contributed by atoms with Gasteiger partial charge in [-0.3, -0.25) is 4.79 Å². The average Bonchev–Trinajstić information content (AvgIpc) is 3.17. The molecule has 23 heavy (non-hydrogen) atoms. The van der Waals surface area contributed by atoms with Gasteiger partial charge < -0.3 is 10.2 Å². The van der Waals surface area contributed by atoms with Crippen LogP contribution in [0.5, 0.6) is 0 Å². The minimum Gasteiger partial charge on any atom is -0.340 e. The fraction of sp³-hybridized carbons (Fsp3) is 0.500. The zero-order valence-corrected chi connectivity index (χ0v) is 13.7. The maximum absolute atomic E-state index is 12.6. The molecule has 1 unspecified atom stereocenters. The molecule has 6 nitrogen and oxygen atoms in total. The first-order valence-corrected chi connectivity index (χ1v) is 8.92. The molecule has 2 aromatic rings. The predicted molar refractivity (Wildman–Crippen MR) is 89.7 cm³/mol. The smallest absolute Gasteiger partial charge is 0.231 e. The molecule has 120 valence electrons. The standard InChI is InChI=1S/C16H19N5OS/c22-14(20-16-19-12-5-1-6-13(12)23-16)11-4-2-9-21(10-11)15-17-7-3-8-18-15/h3,7-8,11H,1-2,4-6,9-10H2,(H,19,20,22). The SMILES string of the molecule is O=C(Nc1nc2c(s1)CCC2)C1CCCN(c2ncccn2)C1. The molecular formula is C16H19N5OS. The van der Waals surface area contributed by atoms with E-state index in [-0.39, 0.29) is 11.8 Å². The van der Waals surface area contributed by atoms with Crippen LogP contribution in [0.3, 0.4) is 0 Å². The number of fused-ring (bicyclic) bond motifs is 1. The number of hydrogen-bond donors (Lipinski definition) is 1. The minimum absolute atomic E-state index is 0.0358. The normalized spacial score (nSPS) is 20.3. The van der Waals surface area contributed by atoms with Crippen LogP contribution >= 0.6 is 11.3 Å². The summed E-state index contributed by atoms with van der Waals surface area (Å²) in [5.74, 6) is 0.738. The predicted octanol–water partition coefficient (Wildman–Crippen LogP) is 2.28. The van der Waals surface area contributed by atoms with Gasteiger partial charge in [0.1, 0.15) is 0 Å². The van der Waals surface area contributed by atoms with Crippen LogP contribution < -0.4 is 10.2 Å². The Morgan fingerprint density at radius 3 is 2.96 bits per heavy atom. The van der Waals surface area contributed by atoms with E-state index in [9.17, 15) is 4.79 Å². The maximum atomic E-state index is 12.6. The van der Waals surface area contributed by atoms with Gasteiger partial charge in [-0.15, -0.1) is 11.3 Å². The second kappa shape index (κ2) is 6.23. The lowest BCUT2D eigenvalue weighted by Gasteiger charge is -2.31. The molecule has 1 saturated heterocycles. The van der Waals surface area contributed by atoms with Gasteiger partial charge >= 0.3 is 0 Å². The summed E-state index contributed by atoms with van der Waals surface area (Å²) in [5, 5.41) is 3.77. The van der Waals surface area contributed by atoms with Gasteiger partial charge in [0.15, 0.2) is 5.13 Å². The molecule has 0 aromatic carbocycles. The molecule has 2 aliphatic rings. The lowest BCUT2D eigenvalue weighted by molar-refractivity contribution is -0.120. The van der Waals surface area contributed by atoms with Crippen LogP contribution in [0, 0.1) is 5.92 Å². The van der Waals surface area contributed by atoms with Gasteiger partial charge in [-0.05, 0) is 38.2 Å². The van der Waals surface area contributed by atoms with Crippen molar-refractivity contribution in [2.75, 3.05) is 23.3 Å². The largest absolute Gasteiger partial charge is 0.340 e. The molecule has 1 atom stereocenters. The van der Waals surface area contributed by atoms with Gasteiger partial charge in [-0.2, -0.15) is 0 Å². The van der Waals surface area contributed by atoms with Crippen LogP contribution in [-0.2, 0) is 17.6 Å². The van der Waals surface area contributed by atoms with E-state index >= 15 is 0 Å². The molecule has 1 amide bonds. The van der Waals surface area contributed by atoms with E-state index in [2.05, 4.69) is 25.2 Å². The number of aryl methyl sites for hydroxylation is 2. The van der Waals surface area contributed by atoms with Crippen LogP contribution in [0.15, 0.2) is 18.5 Å². The zero-order valence-electron chi connectivity index (χ0n) is 12.9. The van der Waals surface area contributed by atoms with Gasteiger partial charge in [0.05, 0.1) is 11.6 Å². The molecule has 3 heterocycles. The first-order chi connectivity index (χ1) is 11.3. The number of piperidine rings is 1. The lowest BCUT2D eigenvalue weighted by Crippen LogP contribution is -2.41. The number of anilines is 2. The summed E-state index contributed by atoms with van der Waals surface area (Å²) in [5.41, 5.74) is 1.17. The number of amides is 1. The number of rotatable bonds is 3. The highest BCUT2D eigenvalue weighted by molar-refractivity contribution is 7.15. The number of thiazole rings is 1. The quantitative estimate of drug-likeness (QED) is 0.935.